The summed E-state index contributed by atoms with van der Waals surface area (Å²) in [5, 5.41) is 0. The summed E-state index contributed by atoms with van der Waals surface area (Å²) in [5.41, 5.74) is 14.0. The third-order valence-corrected chi connectivity index (χ3v) is 8.36. The minimum Gasteiger partial charge on any atom is -0.307 e. The van der Waals surface area contributed by atoms with E-state index in [1.807, 2.05) is 0 Å². The smallest absolute Gasteiger partial charge is 0.307 e. The van der Waals surface area contributed by atoms with Crippen LogP contribution in [0.5, 0.6) is 0 Å². The second kappa shape index (κ2) is 10.6. The first-order valence-corrected chi connectivity index (χ1v) is 14.8. The Hall–Kier alpha value is -4.37. The predicted octanol–water partition coefficient (Wildman–Crippen LogP) is 9.44. The van der Waals surface area contributed by atoms with Crippen molar-refractivity contribution in [2.75, 3.05) is 0 Å². The first-order valence-electron chi connectivity index (χ1n) is 14.8. The van der Waals surface area contributed by atoms with Gasteiger partial charge in [-0.1, -0.05) is 88.4 Å². The number of fused-ring (bicyclic) bond motifs is 1. The quantitative estimate of drug-likeness (QED) is 0.188. The summed E-state index contributed by atoms with van der Waals surface area (Å²) in [6.07, 6.45) is 0. The summed E-state index contributed by atoms with van der Waals surface area (Å²) < 4.78 is 7.33. The molecule has 3 nitrogen and oxygen atoms in total. The van der Waals surface area contributed by atoms with Gasteiger partial charge in [0.1, 0.15) is 11.4 Å². The summed E-state index contributed by atoms with van der Waals surface area (Å²) in [5.74, 6) is 1.89. The Bertz CT molecular complexity index is 1820. The van der Waals surface area contributed by atoms with Gasteiger partial charge in [0.15, 0.2) is 11.0 Å². The zero-order chi connectivity index (χ0) is 28.8. The molecule has 0 bridgehead atoms. The lowest BCUT2D eigenvalue weighted by Crippen LogP contribution is -2.31. The summed E-state index contributed by atoms with van der Waals surface area (Å²) in [6, 6.07) is 37.5. The highest BCUT2D eigenvalue weighted by Crippen LogP contribution is 2.41. The van der Waals surface area contributed by atoms with Crippen LogP contribution in [-0.4, -0.2) is 9.13 Å². The molecule has 4 aromatic carbocycles. The van der Waals surface area contributed by atoms with E-state index in [1.54, 1.807) is 0 Å². The van der Waals surface area contributed by atoms with Crippen LogP contribution in [0.3, 0.4) is 0 Å². The third-order valence-electron chi connectivity index (χ3n) is 8.36. The molecule has 0 unspecified atom stereocenters. The molecule has 6 rings (SSSR count). The monoisotopic (exact) mass is 538 g/mol. The average molecular weight is 539 g/mol. The topological polar surface area (TPSA) is 13.7 Å². The minimum atomic E-state index is 0.356. The van der Waals surface area contributed by atoms with Gasteiger partial charge in [0.25, 0.3) is 0 Å². The largest absolute Gasteiger partial charge is 0.312 e. The van der Waals surface area contributed by atoms with Gasteiger partial charge in [0, 0.05) is 5.69 Å². The fourth-order valence-electron chi connectivity index (χ4n) is 6.40. The second-order valence-corrected chi connectivity index (χ2v) is 11.9. The molecule has 0 aliphatic rings. The molecule has 0 aliphatic carbocycles. The molecule has 0 N–H and O–H groups in total. The Morgan fingerprint density at radius 3 is 1.78 bits per heavy atom. The Balaban J connectivity index is 1.73. The van der Waals surface area contributed by atoms with E-state index in [-0.39, 0.29) is 0 Å². The molecule has 0 radical (unpaired) electrons. The summed E-state index contributed by atoms with van der Waals surface area (Å²) in [7, 11) is 2.20. The fourth-order valence-corrected chi connectivity index (χ4v) is 6.40. The zero-order valence-corrected chi connectivity index (χ0v) is 25.3. The molecule has 0 saturated carbocycles. The lowest BCUT2D eigenvalue weighted by Gasteiger charge is -2.25. The number of aryl methyl sites for hydroxylation is 3. The first-order chi connectivity index (χ1) is 19.8. The highest BCUT2D eigenvalue weighted by atomic mass is 15.2. The van der Waals surface area contributed by atoms with E-state index < -0.39 is 0 Å². The van der Waals surface area contributed by atoms with E-state index in [0.717, 1.165) is 5.69 Å². The molecule has 0 fully saturated rings. The van der Waals surface area contributed by atoms with Crippen molar-refractivity contribution in [1.82, 2.24) is 9.13 Å². The zero-order valence-electron chi connectivity index (χ0n) is 25.3. The van der Waals surface area contributed by atoms with Crippen LogP contribution in [0.1, 0.15) is 61.9 Å². The molecule has 0 spiro atoms. The Kier molecular flexibility index (Phi) is 6.91. The van der Waals surface area contributed by atoms with Gasteiger partial charge in [-0.25, -0.2) is 4.57 Å². The molecule has 0 saturated heterocycles. The molecular formula is C38H40N3+. The highest BCUT2D eigenvalue weighted by Gasteiger charge is 2.32. The van der Waals surface area contributed by atoms with E-state index in [1.165, 1.54) is 61.8 Å². The molecule has 6 aromatic rings. The minimum absolute atomic E-state index is 0.356. The summed E-state index contributed by atoms with van der Waals surface area (Å²) in [4.78, 5) is 0. The number of nitrogens with zero attached hydrogens (tertiary/aromatic N) is 3. The van der Waals surface area contributed by atoms with Gasteiger partial charge in [-0.3, -0.25) is 0 Å². The maximum Gasteiger partial charge on any atom is 0.312 e. The van der Waals surface area contributed by atoms with Gasteiger partial charge >= 0.3 is 5.82 Å². The van der Waals surface area contributed by atoms with E-state index in [0.29, 0.717) is 11.8 Å². The Morgan fingerprint density at radius 2 is 1.17 bits per heavy atom. The van der Waals surface area contributed by atoms with Crippen LogP contribution in [0.25, 0.3) is 45.1 Å². The molecule has 2 heterocycles. The van der Waals surface area contributed by atoms with Crippen molar-refractivity contribution in [1.29, 1.82) is 0 Å². The number of para-hydroxylation sites is 3. The van der Waals surface area contributed by atoms with Crippen molar-refractivity contribution in [2.24, 2.45) is 7.05 Å². The molecule has 206 valence electrons. The van der Waals surface area contributed by atoms with E-state index in [9.17, 15) is 0 Å². The molecule has 41 heavy (non-hydrogen) atoms. The van der Waals surface area contributed by atoms with E-state index in [4.69, 9.17) is 0 Å². The maximum absolute atomic E-state index is 2.54. The highest BCUT2D eigenvalue weighted by molar-refractivity contribution is 5.80. The van der Waals surface area contributed by atoms with Crippen molar-refractivity contribution in [3.05, 3.63) is 126 Å². The number of rotatable bonds is 6. The van der Waals surface area contributed by atoms with E-state index in [2.05, 4.69) is 165 Å². The number of imidazole rings is 1. The first kappa shape index (κ1) is 26.8. The molecule has 0 aliphatic heterocycles. The predicted molar refractivity (Wildman–Crippen MR) is 172 cm³/mol. The van der Waals surface area contributed by atoms with Crippen LogP contribution >= 0.6 is 0 Å². The average Bonchev–Trinajstić information content (AvgIpc) is 3.44. The van der Waals surface area contributed by atoms with Crippen LogP contribution in [0.2, 0.25) is 0 Å². The summed E-state index contributed by atoms with van der Waals surface area (Å²) >= 11 is 0. The van der Waals surface area contributed by atoms with Crippen LogP contribution in [0, 0.1) is 13.8 Å². The van der Waals surface area contributed by atoms with Gasteiger partial charge in [0.2, 0.25) is 0 Å². The van der Waals surface area contributed by atoms with Gasteiger partial charge < -0.3 is 4.57 Å². The molecule has 3 heteroatoms. The number of hydrogen-bond acceptors (Lipinski definition) is 0. The van der Waals surface area contributed by atoms with Gasteiger partial charge in [-0.05, 0) is 96.0 Å². The fraction of sp³-hybridized carbons (Fsp3) is 0.237. The number of hydrogen-bond donors (Lipinski definition) is 0. The van der Waals surface area contributed by atoms with Crippen LogP contribution in [0.15, 0.2) is 103 Å². The van der Waals surface area contributed by atoms with Crippen LogP contribution in [-0.2, 0) is 7.05 Å². The lowest BCUT2D eigenvalue weighted by atomic mass is 9.88. The molecular weight excluding hydrogens is 498 g/mol. The van der Waals surface area contributed by atoms with E-state index >= 15 is 0 Å². The molecule has 0 amide bonds. The second-order valence-electron chi connectivity index (χ2n) is 11.9. The summed E-state index contributed by atoms with van der Waals surface area (Å²) in [6.45, 7) is 13.8. The van der Waals surface area contributed by atoms with Crippen LogP contribution in [0.4, 0.5) is 0 Å². The number of aromatic nitrogens is 3. The third kappa shape index (κ3) is 4.50. The van der Waals surface area contributed by atoms with Crippen molar-refractivity contribution < 1.29 is 4.57 Å². The van der Waals surface area contributed by atoms with Crippen molar-refractivity contribution in [3.63, 3.8) is 0 Å². The molecule has 0 atom stereocenters. The lowest BCUT2D eigenvalue weighted by molar-refractivity contribution is -0.634. The SMILES string of the molecule is Cc1cc(C)n(-c2c(C(C)C)cc(-c3ccccc3)cc2C(C)C)c1-c1n(-c2ccccc2)c2ccccc2[n+]1C. The Labute approximate surface area is 244 Å². The van der Waals surface area contributed by atoms with Gasteiger partial charge in [-0.15, -0.1) is 0 Å². The van der Waals surface area contributed by atoms with Crippen molar-refractivity contribution >= 4 is 11.0 Å². The normalized spacial score (nSPS) is 11.7. The van der Waals surface area contributed by atoms with Crippen LogP contribution < -0.4 is 4.57 Å². The molecule has 2 aromatic heterocycles. The number of benzene rings is 4. The van der Waals surface area contributed by atoms with Crippen molar-refractivity contribution in [3.8, 4) is 34.0 Å². The Morgan fingerprint density at radius 1 is 0.610 bits per heavy atom. The van der Waals surface area contributed by atoms with Crippen molar-refractivity contribution in [2.45, 2.75) is 53.4 Å². The maximum atomic E-state index is 2.54. The van der Waals surface area contributed by atoms with Gasteiger partial charge in [0.05, 0.1) is 12.7 Å². The van der Waals surface area contributed by atoms with Gasteiger partial charge in [-0.2, -0.15) is 4.57 Å². The standard InChI is InChI=1S/C38H40N3/c1-25(2)32-23-30(29-16-10-8-11-17-29)24-33(26(3)4)37(32)40-28(6)22-27(5)36(40)38-39(7)34-20-14-15-21-35(34)41(38)31-18-12-9-13-19-31/h8-26H,1-7H3/q+1.